The van der Waals surface area contributed by atoms with Gasteiger partial charge in [0.2, 0.25) is 0 Å². The highest BCUT2D eigenvalue weighted by molar-refractivity contribution is 6.35. The normalized spacial score (nSPS) is 13.9. The van der Waals surface area contributed by atoms with E-state index in [9.17, 15) is 0 Å². The number of para-hydroxylation sites is 1. The third-order valence-corrected chi connectivity index (χ3v) is 9.34. The molecule has 0 bridgehead atoms. The number of hydrogen-bond acceptors (Lipinski definition) is 3. The van der Waals surface area contributed by atoms with Crippen molar-refractivity contribution in [3.05, 3.63) is 151 Å². The molecule has 9 rings (SSSR count). The molecule has 0 amide bonds. The van der Waals surface area contributed by atoms with Crippen LogP contribution in [0, 0.1) is 0 Å². The molecule has 1 aliphatic rings. The first-order chi connectivity index (χ1) is 23.2. The highest BCUT2D eigenvalue weighted by Crippen LogP contribution is 2.47. The van der Waals surface area contributed by atoms with Crippen LogP contribution in [0.5, 0.6) is 0 Å². The monoisotopic (exact) mass is 605 g/mol. The van der Waals surface area contributed by atoms with E-state index >= 15 is 0 Å². The minimum Gasteiger partial charge on any atom is -0.454 e. The second-order valence-corrected chi connectivity index (χ2v) is 12.0. The maximum absolute atomic E-state index is 6.78. The van der Waals surface area contributed by atoms with E-state index in [2.05, 4.69) is 149 Å². The summed E-state index contributed by atoms with van der Waals surface area (Å²) in [4.78, 5) is 6.51. The van der Waals surface area contributed by atoms with E-state index < -0.39 is 0 Å². The molecule has 0 unspecified atom stereocenters. The van der Waals surface area contributed by atoms with Gasteiger partial charge in [-0.2, -0.15) is 0 Å². The minimum absolute atomic E-state index is 0.804. The summed E-state index contributed by atoms with van der Waals surface area (Å²) in [7, 11) is 0. The number of allylic oxidation sites excluding steroid dienone is 3. The number of rotatable bonds is 5. The van der Waals surface area contributed by atoms with E-state index in [-0.39, 0.29) is 0 Å². The number of benzene rings is 6. The van der Waals surface area contributed by atoms with Gasteiger partial charge < -0.3 is 13.9 Å². The molecular weight excluding hydrogens is 574 g/mol. The molecule has 0 saturated heterocycles. The third kappa shape index (κ3) is 4.12. The van der Waals surface area contributed by atoms with Crippen LogP contribution in [-0.4, -0.2) is 22.7 Å². The Morgan fingerprint density at radius 2 is 1.45 bits per heavy atom. The van der Waals surface area contributed by atoms with Gasteiger partial charge in [-0.3, -0.25) is 4.99 Å². The quantitative estimate of drug-likeness (QED) is 0.144. The first kappa shape index (κ1) is 27.2. The Morgan fingerprint density at radius 3 is 2.17 bits per heavy atom. The second kappa shape index (κ2) is 10.7. The van der Waals surface area contributed by atoms with Crippen molar-refractivity contribution in [3.8, 4) is 5.69 Å². The number of hydrogen-bond donors (Lipinski definition) is 0. The SMILES string of the molecule is C=N/C(=C\N1C=CC=CC1)c1ccc(-n2c3c4oc5ccccc5c4cc(/C=C/C)c3c3c4ccccc4c4ccccc4c32)cc1. The molecule has 0 radical (unpaired) electrons. The van der Waals surface area contributed by atoms with Gasteiger partial charge in [-0.1, -0.05) is 103 Å². The van der Waals surface area contributed by atoms with Gasteiger partial charge in [-0.05, 0) is 65.7 Å². The van der Waals surface area contributed by atoms with Crippen molar-refractivity contribution < 1.29 is 4.42 Å². The lowest BCUT2D eigenvalue weighted by atomic mass is 9.94. The van der Waals surface area contributed by atoms with Crippen LogP contribution in [0.2, 0.25) is 0 Å². The van der Waals surface area contributed by atoms with Crippen LogP contribution >= 0.6 is 0 Å². The third-order valence-electron chi connectivity index (χ3n) is 9.34. The second-order valence-electron chi connectivity index (χ2n) is 12.0. The van der Waals surface area contributed by atoms with Gasteiger partial charge in [0, 0.05) is 57.1 Å². The maximum atomic E-state index is 6.78. The molecule has 4 heteroatoms. The molecule has 4 nitrogen and oxygen atoms in total. The highest BCUT2D eigenvalue weighted by atomic mass is 16.3. The molecule has 224 valence electrons. The lowest BCUT2D eigenvalue weighted by Gasteiger charge is -2.17. The molecule has 0 aliphatic carbocycles. The molecule has 0 atom stereocenters. The summed E-state index contributed by atoms with van der Waals surface area (Å²) >= 11 is 0. The Labute approximate surface area is 272 Å². The van der Waals surface area contributed by atoms with Gasteiger partial charge in [-0.25, -0.2) is 0 Å². The van der Waals surface area contributed by atoms with Crippen molar-refractivity contribution in [2.45, 2.75) is 6.92 Å². The molecule has 8 aromatic rings. The van der Waals surface area contributed by atoms with Crippen LogP contribution in [0.15, 0.2) is 149 Å². The van der Waals surface area contributed by atoms with Gasteiger partial charge in [0.1, 0.15) is 5.58 Å². The number of furan rings is 1. The average Bonchev–Trinajstić information content (AvgIpc) is 3.69. The lowest BCUT2D eigenvalue weighted by Crippen LogP contribution is -2.11. The Kier molecular flexibility index (Phi) is 6.22. The fraction of sp³-hybridized carbons (Fsp3) is 0.0465. The van der Waals surface area contributed by atoms with Crippen LogP contribution in [0.4, 0.5) is 0 Å². The Morgan fingerprint density at radius 1 is 0.745 bits per heavy atom. The van der Waals surface area contributed by atoms with Crippen molar-refractivity contribution in [2.75, 3.05) is 6.54 Å². The van der Waals surface area contributed by atoms with Crippen LogP contribution in [0.1, 0.15) is 18.1 Å². The lowest BCUT2D eigenvalue weighted by molar-refractivity contribution is 0.561. The first-order valence-electron chi connectivity index (χ1n) is 16.0. The summed E-state index contributed by atoms with van der Waals surface area (Å²) in [5, 5.41) is 9.55. The number of fused-ring (bicyclic) bond motifs is 12. The fourth-order valence-corrected chi connectivity index (χ4v) is 7.35. The van der Waals surface area contributed by atoms with E-state index in [4.69, 9.17) is 4.42 Å². The van der Waals surface area contributed by atoms with Gasteiger partial charge in [0.15, 0.2) is 5.58 Å². The molecular formula is C43H31N3O. The molecule has 1 aliphatic heterocycles. The van der Waals surface area contributed by atoms with E-state index in [0.717, 1.165) is 50.9 Å². The molecule has 0 fully saturated rings. The van der Waals surface area contributed by atoms with Crippen molar-refractivity contribution in [2.24, 2.45) is 4.99 Å². The Hall–Kier alpha value is -6.13. The van der Waals surface area contributed by atoms with Crippen LogP contribution < -0.4 is 0 Å². The predicted molar refractivity (Wildman–Crippen MR) is 200 cm³/mol. The highest BCUT2D eigenvalue weighted by Gasteiger charge is 2.25. The maximum Gasteiger partial charge on any atom is 0.160 e. The first-order valence-corrected chi connectivity index (χ1v) is 16.0. The minimum atomic E-state index is 0.804. The summed E-state index contributed by atoms with van der Waals surface area (Å²) < 4.78 is 9.20. The molecule has 3 heterocycles. The number of aromatic nitrogens is 1. The summed E-state index contributed by atoms with van der Waals surface area (Å²) in [5.74, 6) is 0. The molecule has 0 N–H and O–H groups in total. The smallest absolute Gasteiger partial charge is 0.160 e. The zero-order valence-corrected chi connectivity index (χ0v) is 26.0. The zero-order chi connectivity index (χ0) is 31.5. The van der Waals surface area contributed by atoms with Gasteiger partial charge in [0.25, 0.3) is 0 Å². The van der Waals surface area contributed by atoms with E-state index in [1.807, 2.05) is 24.5 Å². The van der Waals surface area contributed by atoms with Crippen LogP contribution in [-0.2, 0) is 0 Å². The van der Waals surface area contributed by atoms with Gasteiger partial charge in [-0.15, -0.1) is 0 Å². The van der Waals surface area contributed by atoms with Crippen molar-refractivity contribution in [3.63, 3.8) is 0 Å². The van der Waals surface area contributed by atoms with E-state index in [0.29, 0.717) is 0 Å². The largest absolute Gasteiger partial charge is 0.454 e. The summed E-state index contributed by atoms with van der Waals surface area (Å²) in [6.07, 6.45) is 14.7. The summed E-state index contributed by atoms with van der Waals surface area (Å²) in [6, 6.07) is 36.9. The summed E-state index contributed by atoms with van der Waals surface area (Å²) in [5.41, 5.74) is 8.07. The average molecular weight is 606 g/mol. The van der Waals surface area contributed by atoms with Crippen molar-refractivity contribution in [1.82, 2.24) is 9.47 Å². The standard InChI is InChI=1S/C43H31N3O/c1-3-13-29-26-36-33-16-9-10-19-38(33)47-43(36)42-39(29)40-34-17-7-5-14-31(34)32-15-6-8-18-35(32)41(40)46(42)30-22-20-28(21-23-30)37(44-2)27-45-24-11-4-12-25-45/h3-24,26-27H,2,25H2,1H3/b13-3+,37-27-. The molecule has 6 aromatic carbocycles. The van der Waals surface area contributed by atoms with Crippen LogP contribution in [0.25, 0.3) is 82.7 Å². The molecule has 0 saturated carbocycles. The fourth-order valence-electron chi connectivity index (χ4n) is 7.35. The van der Waals surface area contributed by atoms with E-state index in [1.165, 1.54) is 43.4 Å². The van der Waals surface area contributed by atoms with Gasteiger partial charge in [0.05, 0.1) is 16.7 Å². The number of aliphatic imine (C=N–C) groups is 1. The molecule has 47 heavy (non-hydrogen) atoms. The topological polar surface area (TPSA) is 33.7 Å². The summed E-state index contributed by atoms with van der Waals surface area (Å²) in [6.45, 7) is 6.78. The Balaban J connectivity index is 1.44. The Bertz CT molecular complexity index is 2680. The zero-order valence-electron chi connectivity index (χ0n) is 26.0. The van der Waals surface area contributed by atoms with Crippen molar-refractivity contribution in [1.29, 1.82) is 0 Å². The molecule has 2 aromatic heterocycles. The van der Waals surface area contributed by atoms with Gasteiger partial charge >= 0.3 is 0 Å². The predicted octanol–water partition coefficient (Wildman–Crippen LogP) is 11.4. The number of nitrogens with zero attached hydrogens (tertiary/aromatic N) is 3. The van der Waals surface area contributed by atoms with Crippen LogP contribution in [0.3, 0.4) is 0 Å². The van der Waals surface area contributed by atoms with Crippen molar-refractivity contribution >= 4 is 83.8 Å². The molecule has 0 spiro atoms. The van der Waals surface area contributed by atoms with E-state index in [1.54, 1.807) is 0 Å².